The number of para-hydroxylation sites is 1. The lowest BCUT2D eigenvalue weighted by molar-refractivity contribution is -0.128. The molecule has 0 spiro atoms. The van der Waals surface area contributed by atoms with E-state index in [-0.39, 0.29) is 29.9 Å². The number of piperazine rings is 1. The van der Waals surface area contributed by atoms with Gasteiger partial charge in [-0.1, -0.05) is 18.2 Å². The van der Waals surface area contributed by atoms with Crippen LogP contribution in [-0.2, 0) is 4.79 Å². The van der Waals surface area contributed by atoms with Crippen molar-refractivity contribution in [3.05, 3.63) is 29.8 Å². The summed E-state index contributed by atoms with van der Waals surface area (Å²) in [5.41, 5.74) is 1.26. The summed E-state index contributed by atoms with van der Waals surface area (Å²) < 4.78 is 5.59. The molecule has 6 heteroatoms. The molecule has 1 aromatic rings. The highest BCUT2D eigenvalue weighted by atomic mass is 35.5. The van der Waals surface area contributed by atoms with Crippen molar-refractivity contribution in [2.75, 3.05) is 33.3 Å². The second kappa shape index (κ2) is 8.44. The van der Waals surface area contributed by atoms with Gasteiger partial charge < -0.3 is 15.4 Å². The van der Waals surface area contributed by atoms with E-state index in [1.807, 2.05) is 12.1 Å². The Hall–Kier alpha value is -1.30. The Bertz CT molecular complexity index is 705. The van der Waals surface area contributed by atoms with Crippen LogP contribution >= 0.6 is 12.4 Å². The van der Waals surface area contributed by atoms with Gasteiger partial charge in [0, 0.05) is 30.7 Å². The molecule has 29 heavy (non-hydrogen) atoms. The lowest BCUT2D eigenvalue weighted by Crippen LogP contribution is -2.61. The van der Waals surface area contributed by atoms with Crippen LogP contribution in [0.15, 0.2) is 24.3 Å². The van der Waals surface area contributed by atoms with Gasteiger partial charge in [-0.3, -0.25) is 9.69 Å². The molecule has 1 amide bonds. The molecule has 1 saturated heterocycles. The highest BCUT2D eigenvalue weighted by Crippen LogP contribution is 2.55. The van der Waals surface area contributed by atoms with E-state index in [9.17, 15) is 4.79 Å². The van der Waals surface area contributed by atoms with Gasteiger partial charge >= 0.3 is 0 Å². The van der Waals surface area contributed by atoms with Crippen molar-refractivity contribution in [1.82, 2.24) is 15.5 Å². The van der Waals surface area contributed by atoms with Crippen LogP contribution in [-0.4, -0.2) is 49.6 Å². The van der Waals surface area contributed by atoms with Crippen molar-refractivity contribution in [1.29, 1.82) is 0 Å². The molecule has 2 N–H and O–H groups in total. The largest absolute Gasteiger partial charge is 0.496 e. The van der Waals surface area contributed by atoms with Crippen molar-refractivity contribution in [2.45, 2.75) is 50.1 Å². The lowest BCUT2D eigenvalue weighted by atomic mass is 9.53. The molecule has 5 fully saturated rings. The molecule has 0 radical (unpaired) electrons. The molecule has 5 nitrogen and oxygen atoms in total. The van der Waals surface area contributed by atoms with Crippen molar-refractivity contribution >= 4 is 18.3 Å². The standard InChI is InChI=1S/C23H33N3O2.ClH/c1-28-21-5-3-2-4-19(21)20-14-24-6-7-26(20)15-22(27)25-23-11-16-8-17(12-23)10-18(9-16)13-23;/h2-5,16-18,20,24H,6-15H2,1H3,(H,25,27);1H. The van der Waals surface area contributed by atoms with Crippen molar-refractivity contribution < 1.29 is 9.53 Å². The molecular formula is C23H34ClN3O2. The minimum atomic E-state index is 0. The molecule has 4 saturated carbocycles. The predicted molar refractivity (Wildman–Crippen MR) is 116 cm³/mol. The fraction of sp³-hybridized carbons (Fsp3) is 0.696. The minimum absolute atomic E-state index is 0. The number of carbonyl (C=O) groups excluding carboxylic acids is 1. The molecule has 1 atom stereocenters. The molecule has 0 aromatic heterocycles. The van der Waals surface area contributed by atoms with E-state index in [1.54, 1.807) is 7.11 Å². The van der Waals surface area contributed by atoms with Crippen LogP contribution in [0, 0.1) is 17.8 Å². The number of nitrogens with zero attached hydrogens (tertiary/aromatic N) is 1. The lowest BCUT2D eigenvalue weighted by Gasteiger charge is -2.57. The Kier molecular flexibility index (Phi) is 6.10. The average Bonchev–Trinajstić information content (AvgIpc) is 2.67. The van der Waals surface area contributed by atoms with Crippen molar-refractivity contribution in [3.63, 3.8) is 0 Å². The summed E-state index contributed by atoms with van der Waals surface area (Å²) in [4.78, 5) is 15.4. The highest BCUT2D eigenvalue weighted by molar-refractivity contribution is 5.85. The zero-order valence-corrected chi connectivity index (χ0v) is 18.2. The molecule has 4 aliphatic carbocycles. The molecular weight excluding hydrogens is 386 g/mol. The van der Waals surface area contributed by atoms with E-state index >= 15 is 0 Å². The molecule has 5 aliphatic rings. The number of rotatable bonds is 5. The van der Waals surface area contributed by atoms with Crippen LogP contribution in [0.3, 0.4) is 0 Å². The quantitative estimate of drug-likeness (QED) is 0.769. The first-order valence-electron chi connectivity index (χ1n) is 11.0. The van der Waals surface area contributed by atoms with Crippen LogP contribution in [0.5, 0.6) is 5.75 Å². The minimum Gasteiger partial charge on any atom is -0.496 e. The van der Waals surface area contributed by atoms with E-state index in [2.05, 4.69) is 27.7 Å². The van der Waals surface area contributed by atoms with Crippen molar-refractivity contribution in [2.24, 2.45) is 17.8 Å². The van der Waals surface area contributed by atoms with Gasteiger partial charge in [-0.15, -0.1) is 12.4 Å². The van der Waals surface area contributed by atoms with Gasteiger partial charge in [-0.05, 0) is 62.3 Å². The number of amides is 1. The number of benzene rings is 1. The molecule has 1 unspecified atom stereocenters. The third kappa shape index (κ3) is 4.14. The fourth-order valence-corrected chi connectivity index (χ4v) is 6.97. The van der Waals surface area contributed by atoms with Crippen LogP contribution in [0.4, 0.5) is 0 Å². The Morgan fingerprint density at radius 2 is 1.83 bits per heavy atom. The maximum Gasteiger partial charge on any atom is 0.234 e. The Balaban J connectivity index is 0.00000205. The first kappa shape index (κ1) is 21.0. The number of methoxy groups -OCH3 is 1. The maximum atomic E-state index is 13.1. The van der Waals surface area contributed by atoms with Gasteiger partial charge in [0.1, 0.15) is 5.75 Å². The average molecular weight is 420 g/mol. The van der Waals surface area contributed by atoms with E-state index in [1.165, 1.54) is 44.1 Å². The normalized spacial score (nSPS) is 35.8. The third-order valence-electron chi connectivity index (χ3n) is 7.64. The van der Waals surface area contributed by atoms with Gasteiger partial charge in [0.2, 0.25) is 5.91 Å². The third-order valence-corrected chi connectivity index (χ3v) is 7.64. The van der Waals surface area contributed by atoms with Crippen LogP contribution < -0.4 is 15.4 Å². The zero-order chi connectivity index (χ0) is 19.1. The van der Waals surface area contributed by atoms with E-state index in [4.69, 9.17) is 4.74 Å². The summed E-state index contributed by atoms with van der Waals surface area (Å²) in [6.07, 6.45) is 7.85. The first-order valence-corrected chi connectivity index (χ1v) is 11.0. The SMILES string of the molecule is COc1ccccc1C1CNCCN1CC(=O)NC12CC3CC(CC(C3)C1)C2.Cl. The Morgan fingerprint density at radius 1 is 1.17 bits per heavy atom. The van der Waals surface area contributed by atoms with Crippen LogP contribution in [0.2, 0.25) is 0 Å². The Labute approximate surface area is 180 Å². The molecule has 1 aliphatic heterocycles. The maximum absolute atomic E-state index is 13.1. The van der Waals surface area contributed by atoms with E-state index < -0.39 is 0 Å². The molecule has 4 bridgehead atoms. The van der Waals surface area contributed by atoms with Crippen LogP contribution in [0.1, 0.15) is 50.1 Å². The number of carbonyl (C=O) groups is 1. The number of hydrogen-bond acceptors (Lipinski definition) is 4. The summed E-state index contributed by atoms with van der Waals surface area (Å²) in [6, 6.07) is 8.37. The second-order valence-corrected chi connectivity index (χ2v) is 9.68. The first-order chi connectivity index (χ1) is 13.6. The van der Waals surface area contributed by atoms with Gasteiger partial charge in [0.15, 0.2) is 0 Å². The molecule has 1 aromatic carbocycles. The molecule has 160 valence electrons. The van der Waals surface area contributed by atoms with Crippen LogP contribution in [0.25, 0.3) is 0 Å². The summed E-state index contributed by atoms with van der Waals surface area (Å²) in [5, 5.41) is 7.03. The van der Waals surface area contributed by atoms with E-state index in [0.29, 0.717) is 6.54 Å². The van der Waals surface area contributed by atoms with Gasteiger partial charge in [0.05, 0.1) is 19.7 Å². The Morgan fingerprint density at radius 3 is 2.48 bits per heavy atom. The molecule has 6 rings (SSSR count). The molecule has 1 heterocycles. The summed E-state index contributed by atoms with van der Waals surface area (Å²) in [7, 11) is 1.72. The predicted octanol–water partition coefficient (Wildman–Crippen LogP) is 3.15. The van der Waals surface area contributed by atoms with Gasteiger partial charge in [-0.25, -0.2) is 0 Å². The summed E-state index contributed by atoms with van der Waals surface area (Å²) >= 11 is 0. The summed E-state index contributed by atoms with van der Waals surface area (Å²) in [5.74, 6) is 3.68. The number of hydrogen-bond donors (Lipinski definition) is 2. The van der Waals surface area contributed by atoms with E-state index in [0.717, 1.165) is 43.1 Å². The number of nitrogens with one attached hydrogen (secondary N) is 2. The smallest absolute Gasteiger partial charge is 0.234 e. The summed E-state index contributed by atoms with van der Waals surface area (Å²) in [6.45, 7) is 3.14. The van der Waals surface area contributed by atoms with Gasteiger partial charge in [-0.2, -0.15) is 0 Å². The number of ether oxygens (including phenoxy) is 1. The monoisotopic (exact) mass is 419 g/mol. The fourth-order valence-electron chi connectivity index (χ4n) is 6.97. The van der Waals surface area contributed by atoms with Gasteiger partial charge in [0.25, 0.3) is 0 Å². The number of halogens is 1. The highest BCUT2D eigenvalue weighted by Gasteiger charge is 2.51. The zero-order valence-electron chi connectivity index (χ0n) is 17.4. The second-order valence-electron chi connectivity index (χ2n) is 9.68. The van der Waals surface area contributed by atoms with Crippen molar-refractivity contribution in [3.8, 4) is 5.75 Å². The topological polar surface area (TPSA) is 53.6 Å².